The van der Waals surface area contributed by atoms with E-state index in [1.54, 1.807) is 42.5 Å². The Bertz CT molecular complexity index is 1290. The highest BCUT2D eigenvalue weighted by molar-refractivity contribution is 7.92. The molecule has 1 atom stereocenters. The summed E-state index contributed by atoms with van der Waals surface area (Å²) in [6.07, 6.45) is 0.401. The summed E-state index contributed by atoms with van der Waals surface area (Å²) >= 11 is 0. The first kappa shape index (κ1) is 26.0. The topological polar surface area (TPSA) is 92.8 Å². The fourth-order valence-corrected chi connectivity index (χ4v) is 4.74. The van der Waals surface area contributed by atoms with E-state index in [2.05, 4.69) is 5.32 Å². The molecule has 0 fully saturated rings. The maximum atomic E-state index is 13.0. The number of Topliss-reactive ketones (excluding diaryl/α,β-unsaturated/α-hetero) is 1. The van der Waals surface area contributed by atoms with Gasteiger partial charge in [-0.05, 0) is 80.3 Å². The standard InChI is InChI=1S/C27H30N2O5S/c1-19-10-15-25(16-20(19)2)35(32,33)29(4)23-11-13-24(14-12-23)34-18-27(31)28-26(21(3)30)17-22-8-6-5-7-9-22/h5-16,26H,17-18H2,1-4H3,(H,28,31)/t26-/m0/s1. The van der Waals surface area contributed by atoms with Gasteiger partial charge in [0.05, 0.1) is 16.6 Å². The third-order valence-electron chi connectivity index (χ3n) is 5.82. The van der Waals surface area contributed by atoms with Crippen molar-refractivity contribution in [3.05, 3.63) is 89.5 Å². The number of rotatable bonds is 10. The number of nitrogens with zero attached hydrogens (tertiary/aromatic N) is 1. The van der Waals surface area contributed by atoms with E-state index < -0.39 is 22.0 Å². The average molecular weight is 495 g/mol. The maximum Gasteiger partial charge on any atom is 0.264 e. The van der Waals surface area contributed by atoms with Crippen molar-refractivity contribution in [1.29, 1.82) is 0 Å². The van der Waals surface area contributed by atoms with Crippen molar-refractivity contribution < 1.29 is 22.7 Å². The van der Waals surface area contributed by atoms with Gasteiger partial charge in [0.1, 0.15) is 5.75 Å². The molecule has 3 aromatic rings. The van der Waals surface area contributed by atoms with E-state index in [0.717, 1.165) is 16.7 Å². The number of hydrogen-bond donors (Lipinski definition) is 1. The van der Waals surface area contributed by atoms with Crippen molar-refractivity contribution in [3.63, 3.8) is 0 Å². The summed E-state index contributed by atoms with van der Waals surface area (Å²) in [6, 6.07) is 20.3. The van der Waals surface area contributed by atoms with Crippen molar-refractivity contribution in [2.45, 2.75) is 38.1 Å². The van der Waals surface area contributed by atoms with Crippen molar-refractivity contribution in [2.24, 2.45) is 0 Å². The summed E-state index contributed by atoms with van der Waals surface area (Å²) in [5, 5.41) is 2.71. The van der Waals surface area contributed by atoms with Crippen LogP contribution < -0.4 is 14.4 Å². The summed E-state index contributed by atoms with van der Waals surface area (Å²) in [6.45, 7) is 4.97. The molecule has 8 heteroatoms. The van der Waals surface area contributed by atoms with Crippen LogP contribution in [0.1, 0.15) is 23.6 Å². The second kappa shape index (κ2) is 11.2. The predicted molar refractivity (Wildman–Crippen MR) is 136 cm³/mol. The first-order valence-electron chi connectivity index (χ1n) is 11.2. The third kappa shape index (κ3) is 6.70. The van der Waals surface area contributed by atoms with Crippen molar-refractivity contribution in [1.82, 2.24) is 5.32 Å². The number of aryl methyl sites for hydroxylation is 2. The lowest BCUT2D eigenvalue weighted by Crippen LogP contribution is -2.43. The van der Waals surface area contributed by atoms with Gasteiger partial charge in [-0.25, -0.2) is 8.42 Å². The smallest absolute Gasteiger partial charge is 0.264 e. The van der Waals surface area contributed by atoms with Crippen LogP contribution in [0.4, 0.5) is 5.69 Å². The molecule has 3 aromatic carbocycles. The van der Waals surface area contributed by atoms with Gasteiger partial charge >= 0.3 is 0 Å². The van der Waals surface area contributed by atoms with Crippen molar-refractivity contribution in [2.75, 3.05) is 18.0 Å². The molecule has 1 amide bonds. The zero-order valence-corrected chi connectivity index (χ0v) is 21.1. The first-order chi connectivity index (χ1) is 16.6. The highest BCUT2D eigenvalue weighted by Gasteiger charge is 2.22. The number of ether oxygens (including phenoxy) is 1. The van der Waals surface area contributed by atoms with Crippen molar-refractivity contribution >= 4 is 27.4 Å². The van der Waals surface area contributed by atoms with E-state index in [-0.39, 0.29) is 17.3 Å². The summed E-state index contributed by atoms with van der Waals surface area (Å²) < 4.78 is 32.7. The molecule has 0 aromatic heterocycles. The fourth-order valence-electron chi connectivity index (χ4n) is 3.45. The minimum absolute atomic E-state index is 0.139. The van der Waals surface area contributed by atoms with Gasteiger partial charge in [-0.15, -0.1) is 0 Å². The molecular weight excluding hydrogens is 464 g/mol. The molecule has 0 saturated heterocycles. The van der Waals surface area contributed by atoms with Gasteiger partial charge in [-0.2, -0.15) is 0 Å². The zero-order valence-electron chi connectivity index (χ0n) is 20.3. The normalized spacial score (nSPS) is 12.0. The predicted octanol–water partition coefficient (Wildman–Crippen LogP) is 3.82. The highest BCUT2D eigenvalue weighted by atomic mass is 32.2. The van der Waals surface area contributed by atoms with Crippen LogP contribution in [0, 0.1) is 13.8 Å². The van der Waals surface area contributed by atoms with E-state index in [9.17, 15) is 18.0 Å². The summed E-state index contributed by atoms with van der Waals surface area (Å²) in [5.74, 6) is -0.150. The zero-order chi connectivity index (χ0) is 25.6. The number of benzene rings is 3. The number of carbonyl (C=O) groups is 2. The van der Waals surface area contributed by atoms with Crippen LogP contribution >= 0.6 is 0 Å². The van der Waals surface area contributed by atoms with Crippen LogP contribution in [0.25, 0.3) is 0 Å². The van der Waals surface area contributed by atoms with Gasteiger partial charge in [0, 0.05) is 7.05 Å². The second-order valence-electron chi connectivity index (χ2n) is 8.42. The largest absolute Gasteiger partial charge is 0.484 e. The Morgan fingerprint density at radius 3 is 2.20 bits per heavy atom. The van der Waals surface area contributed by atoms with Crippen LogP contribution in [-0.4, -0.2) is 39.8 Å². The van der Waals surface area contributed by atoms with Crippen LogP contribution in [0.2, 0.25) is 0 Å². The SMILES string of the molecule is CC(=O)[C@H](Cc1ccccc1)NC(=O)COc1ccc(N(C)S(=O)(=O)c2ccc(C)c(C)c2)cc1. The fraction of sp³-hybridized carbons (Fsp3) is 0.259. The number of hydrogen-bond acceptors (Lipinski definition) is 5. The van der Waals surface area contributed by atoms with Crippen molar-refractivity contribution in [3.8, 4) is 5.75 Å². The molecule has 3 rings (SSSR count). The van der Waals surface area contributed by atoms with E-state index >= 15 is 0 Å². The number of sulfonamides is 1. The van der Waals surface area contributed by atoms with Gasteiger partial charge in [-0.3, -0.25) is 13.9 Å². The Morgan fingerprint density at radius 1 is 0.943 bits per heavy atom. The monoisotopic (exact) mass is 494 g/mol. The second-order valence-corrected chi connectivity index (χ2v) is 10.4. The van der Waals surface area contributed by atoms with Crippen LogP contribution in [0.3, 0.4) is 0 Å². The van der Waals surface area contributed by atoms with E-state index in [1.165, 1.54) is 18.3 Å². The highest BCUT2D eigenvalue weighted by Crippen LogP contribution is 2.25. The Labute approximate surface area is 206 Å². The lowest BCUT2D eigenvalue weighted by Gasteiger charge is -2.20. The molecule has 0 unspecified atom stereocenters. The van der Waals surface area contributed by atoms with Crippen LogP contribution in [0.15, 0.2) is 77.7 Å². The van der Waals surface area contributed by atoms with Gasteiger partial charge < -0.3 is 10.1 Å². The molecular formula is C27H30N2O5S. The molecule has 0 aliphatic rings. The Balaban J connectivity index is 1.60. The minimum atomic E-state index is -3.72. The van der Waals surface area contributed by atoms with Crippen LogP contribution in [-0.2, 0) is 26.0 Å². The van der Waals surface area contributed by atoms with Gasteiger partial charge in [-0.1, -0.05) is 36.4 Å². The maximum absolute atomic E-state index is 13.0. The Morgan fingerprint density at radius 2 is 1.60 bits per heavy atom. The summed E-state index contributed by atoms with van der Waals surface area (Å²) in [5.41, 5.74) is 3.33. The molecule has 0 aliphatic heterocycles. The Kier molecular flexibility index (Phi) is 8.30. The molecule has 0 saturated carbocycles. The summed E-state index contributed by atoms with van der Waals surface area (Å²) in [7, 11) is -2.23. The summed E-state index contributed by atoms with van der Waals surface area (Å²) in [4.78, 5) is 24.5. The van der Waals surface area contributed by atoms with Crippen LogP contribution in [0.5, 0.6) is 5.75 Å². The number of carbonyl (C=O) groups excluding carboxylic acids is 2. The lowest BCUT2D eigenvalue weighted by molar-refractivity contribution is -0.128. The Hall–Kier alpha value is -3.65. The molecule has 0 heterocycles. The lowest BCUT2D eigenvalue weighted by atomic mass is 10.0. The molecule has 0 radical (unpaired) electrons. The number of amides is 1. The van der Waals surface area contributed by atoms with Gasteiger partial charge in [0.25, 0.3) is 15.9 Å². The number of anilines is 1. The van der Waals surface area contributed by atoms with Gasteiger partial charge in [0.2, 0.25) is 0 Å². The molecule has 184 valence electrons. The molecule has 35 heavy (non-hydrogen) atoms. The molecule has 0 bridgehead atoms. The first-order valence-corrected chi connectivity index (χ1v) is 12.6. The van der Waals surface area contributed by atoms with Gasteiger partial charge in [0.15, 0.2) is 12.4 Å². The number of nitrogens with one attached hydrogen (secondary N) is 1. The molecule has 0 spiro atoms. The minimum Gasteiger partial charge on any atom is -0.484 e. The molecule has 0 aliphatic carbocycles. The third-order valence-corrected chi connectivity index (χ3v) is 7.60. The van der Waals surface area contributed by atoms with E-state index in [4.69, 9.17) is 4.74 Å². The van der Waals surface area contributed by atoms with E-state index in [1.807, 2.05) is 44.2 Å². The van der Waals surface area contributed by atoms with E-state index in [0.29, 0.717) is 17.9 Å². The average Bonchev–Trinajstić information content (AvgIpc) is 2.84. The molecule has 7 nitrogen and oxygen atoms in total. The molecule has 1 N–H and O–H groups in total. The number of ketones is 1. The quantitative estimate of drug-likeness (QED) is 0.463.